The van der Waals surface area contributed by atoms with Gasteiger partial charge in [0.2, 0.25) is 5.91 Å². The summed E-state index contributed by atoms with van der Waals surface area (Å²) < 4.78 is 5.31. The molecule has 0 radical (unpaired) electrons. The summed E-state index contributed by atoms with van der Waals surface area (Å²) in [4.78, 5) is 27.0. The van der Waals surface area contributed by atoms with Crippen LogP contribution in [0.3, 0.4) is 0 Å². The molecule has 0 saturated carbocycles. The van der Waals surface area contributed by atoms with Gasteiger partial charge in [-0.1, -0.05) is 30.3 Å². The molecule has 2 aromatic rings. The zero-order valence-corrected chi connectivity index (χ0v) is 16.0. The number of morpholine rings is 1. The van der Waals surface area contributed by atoms with Gasteiger partial charge < -0.3 is 15.0 Å². The van der Waals surface area contributed by atoms with E-state index in [-0.39, 0.29) is 11.8 Å². The first-order valence-corrected chi connectivity index (χ1v) is 9.36. The number of para-hydroxylation sites is 1. The molecule has 1 heterocycles. The standard InChI is InChI=1S/C22H26N2O3/c1-16-7-8-18(15-17(16)2)9-10-21(25)23-20-6-4-3-5-19(20)22(26)24-11-13-27-14-12-24/h3-8,15H,9-14H2,1-2H3,(H,23,25). The molecule has 1 saturated heterocycles. The smallest absolute Gasteiger partial charge is 0.256 e. The van der Waals surface area contributed by atoms with Crippen LogP contribution in [-0.2, 0) is 16.0 Å². The number of benzene rings is 2. The molecule has 1 N–H and O–H groups in total. The van der Waals surface area contributed by atoms with Gasteiger partial charge in [0.25, 0.3) is 5.91 Å². The third-order valence-electron chi connectivity index (χ3n) is 4.94. The van der Waals surface area contributed by atoms with Crippen LogP contribution >= 0.6 is 0 Å². The number of rotatable bonds is 5. The minimum absolute atomic E-state index is 0.0663. The van der Waals surface area contributed by atoms with Gasteiger partial charge in [-0.05, 0) is 49.1 Å². The van der Waals surface area contributed by atoms with E-state index in [2.05, 4.69) is 37.4 Å². The SMILES string of the molecule is Cc1ccc(CCC(=O)Nc2ccccc2C(=O)N2CCOCC2)cc1C. The molecule has 1 aliphatic heterocycles. The molecule has 2 amide bonds. The molecule has 5 nitrogen and oxygen atoms in total. The predicted molar refractivity (Wildman–Crippen MR) is 106 cm³/mol. The summed E-state index contributed by atoms with van der Waals surface area (Å²) in [5.74, 6) is -0.154. The lowest BCUT2D eigenvalue weighted by Crippen LogP contribution is -2.41. The van der Waals surface area contributed by atoms with E-state index in [1.807, 2.05) is 12.1 Å². The van der Waals surface area contributed by atoms with Crippen molar-refractivity contribution in [3.63, 3.8) is 0 Å². The number of aryl methyl sites for hydroxylation is 3. The topological polar surface area (TPSA) is 58.6 Å². The van der Waals surface area contributed by atoms with E-state index in [9.17, 15) is 9.59 Å². The highest BCUT2D eigenvalue weighted by Gasteiger charge is 2.21. The average molecular weight is 366 g/mol. The number of nitrogens with zero attached hydrogens (tertiary/aromatic N) is 1. The van der Waals surface area contributed by atoms with Crippen LogP contribution in [0, 0.1) is 13.8 Å². The number of ether oxygens (including phenoxy) is 1. The molecule has 2 aromatic carbocycles. The number of amides is 2. The largest absolute Gasteiger partial charge is 0.378 e. The molecule has 27 heavy (non-hydrogen) atoms. The maximum Gasteiger partial charge on any atom is 0.256 e. The molecule has 0 aromatic heterocycles. The first kappa shape index (κ1) is 19.1. The minimum atomic E-state index is -0.0875. The van der Waals surface area contributed by atoms with Gasteiger partial charge in [0.15, 0.2) is 0 Å². The van der Waals surface area contributed by atoms with Crippen molar-refractivity contribution in [1.29, 1.82) is 0 Å². The first-order chi connectivity index (χ1) is 13.0. The number of hydrogen-bond donors (Lipinski definition) is 1. The van der Waals surface area contributed by atoms with Gasteiger partial charge in [-0.2, -0.15) is 0 Å². The van der Waals surface area contributed by atoms with Gasteiger partial charge in [0.05, 0.1) is 24.5 Å². The molecular formula is C22H26N2O3. The number of hydrogen-bond acceptors (Lipinski definition) is 3. The normalized spacial score (nSPS) is 14.1. The summed E-state index contributed by atoms with van der Waals surface area (Å²) in [5, 5.41) is 2.91. The number of anilines is 1. The van der Waals surface area contributed by atoms with Crippen molar-refractivity contribution in [3.05, 3.63) is 64.7 Å². The lowest BCUT2D eigenvalue weighted by molar-refractivity contribution is -0.116. The molecule has 0 spiro atoms. The Balaban J connectivity index is 1.63. The lowest BCUT2D eigenvalue weighted by Gasteiger charge is -2.27. The molecule has 3 rings (SSSR count). The zero-order valence-electron chi connectivity index (χ0n) is 16.0. The monoisotopic (exact) mass is 366 g/mol. The molecule has 0 aliphatic carbocycles. The van der Waals surface area contributed by atoms with Crippen LogP contribution in [-0.4, -0.2) is 43.0 Å². The van der Waals surface area contributed by atoms with Crippen molar-refractivity contribution in [3.8, 4) is 0 Å². The second kappa shape index (κ2) is 8.82. The Bertz CT molecular complexity index is 826. The van der Waals surface area contributed by atoms with Crippen molar-refractivity contribution >= 4 is 17.5 Å². The fraction of sp³-hybridized carbons (Fsp3) is 0.364. The highest BCUT2D eigenvalue weighted by molar-refractivity contribution is 6.03. The molecule has 142 valence electrons. The fourth-order valence-corrected chi connectivity index (χ4v) is 3.14. The predicted octanol–water partition coefficient (Wildman–Crippen LogP) is 3.35. The van der Waals surface area contributed by atoms with Crippen molar-refractivity contribution in [2.45, 2.75) is 26.7 Å². The molecule has 0 bridgehead atoms. The number of nitrogens with one attached hydrogen (secondary N) is 1. The highest BCUT2D eigenvalue weighted by Crippen LogP contribution is 2.19. The van der Waals surface area contributed by atoms with Crippen LogP contribution in [0.15, 0.2) is 42.5 Å². The van der Waals surface area contributed by atoms with Crippen molar-refractivity contribution in [2.75, 3.05) is 31.6 Å². The summed E-state index contributed by atoms with van der Waals surface area (Å²) in [5.41, 5.74) is 4.72. The Hall–Kier alpha value is -2.66. The van der Waals surface area contributed by atoms with Gasteiger partial charge in [0.1, 0.15) is 0 Å². The average Bonchev–Trinajstić information content (AvgIpc) is 2.69. The van der Waals surface area contributed by atoms with Crippen molar-refractivity contribution in [1.82, 2.24) is 4.90 Å². The molecule has 5 heteroatoms. The van der Waals surface area contributed by atoms with E-state index in [0.29, 0.717) is 50.4 Å². The highest BCUT2D eigenvalue weighted by atomic mass is 16.5. The van der Waals surface area contributed by atoms with E-state index >= 15 is 0 Å². The van der Waals surface area contributed by atoms with Gasteiger partial charge >= 0.3 is 0 Å². The van der Waals surface area contributed by atoms with Crippen LogP contribution in [0.25, 0.3) is 0 Å². The Morgan fingerprint density at radius 2 is 1.78 bits per heavy atom. The Labute approximate surface area is 160 Å². The maximum atomic E-state index is 12.8. The Morgan fingerprint density at radius 1 is 1.04 bits per heavy atom. The van der Waals surface area contributed by atoms with E-state index in [1.165, 1.54) is 11.1 Å². The van der Waals surface area contributed by atoms with E-state index < -0.39 is 0 Å². The third kappa shape index (κ3) is 4.95. The third-order valence-corrected chi connectivity index (χ3v) is 4.94. The van der Waals surface area contributed by atoms with Crippen LogP contribution in [0.1, 0.15) is 33.5 Å². The van der Waals surface area contributed by atoms with Gasteiger partial charge in [-0.3, -0.25) is 9.59 Å². The summed E-state index contributed by atoms with van der Waals surface area (Å²) in [6.45, 7) is 6.41. The zero-order chi connectivity index (χ0) is 19.2. The minimum Gasteiger partial charge on any atom is -0.378 e. The second-order valence-corrected chi connectivity index (χ2v) is 6.92. The number of carbonyl (C=O) groups excluding carboxylic acids is 2. The second-order valence-electron chi connectivity index (χ2n) is 6.92. The van der Waals surface area contributed by atoms with Crippen LogP contribution in [0.5, 0.6) is 0 Å². The molecular weight excluding hydrogens is 340 g/mol. The summed E-state index contributed by atoms with van der Waals surface area (Å²) in [7, 11) is 0. The lowest BCUT2D eigenvalue weighted by atomic mass is 10.0. The maximum absolute atomic E-state index is 12.8. The Kier molecular flexibility index (Phi) is 6.24. The molecule has 1 aliphatic rings. The molecule has 1 fully saturated rings. The summed E-state index contributed by atoms with van der Waals surface area (Å²) in [6.07, 6.45) is 1.05. The van der Waals surface area contributed by atoms with Crippen molar-refractivity contribution in [2.24, 2.45) is 0 Å². The number of carbonyl (C=O) groups is 2. The van der Waals surface area contributed by atoms with E-state index in [0.717, 1.165) is 5.56 Å². The van der Waals surface area contributed by atoms with E-state index in [1.54, 1.807) is 17.0 Å². The van der Waals surface area contributed by atoms with Crippen LogP contribution in [0.2, 0.25) is 0 Å². The van der Waals surface area contributed by atoms with Gasteiger partial charge in [0, 0.05) is 19.5 Å². The van der Waals surface area contributed by atoms with Gasteiger partial charge in [-0.15, -0.1) is 0 Å². The van der Waals surface area contributed by atoms with Crippen LogP contribution in [0.4, 0.5) is 5.69 Å². The van der Waals surface area contributed by atoms with E-state index in [4.69, 9.17) is 4.74 Å². The van der Waals surface area contributed by atoms with Crippen LogP contribution < -0.4 is 5.32 Å². The van der Waals surface area contributed by atoms with Gasteiger partial charge in [-0.25, -0.2) is 0 Å². The summed E-state index contributed by atoms with van der Waals surface area (Å²) >= 11 is 0. The quantitative estimate of drug-likeness (QED) is 0.883. The first-order valence-electron chi connectivity index (χ1n) is 9.36. The fourth-order valence-electron chi connectivity index (χ4n) is 3.14. The molecule has 0 atom stereocenters. The Morgan fingerprint density at radius 3 is 2.52 bits per heavy atom. The molecule has 0 unspecified atom stereocenters. The van der Waals surface area contributed by atoms with Crippen molar-refractivity contribution < 1.29 is 14.3 Å². The summed E-state index contributed by atoms with van der Waals surface area (Å²) in [6, 6.07) is 13.5.